The van der Waals surface area contributed by atoms with Crippen LogP contribution in [0.2, 0.25) is 5.02 Å². The molecule has 1 atom stereocenters. The summed E-state index contributed by atoms with van der Waals surface area (Å²) in [5.74, 6) is 0.133. The van der Waals surface area contributed by atoms with Gasteiger partial charge in [-0.15, -0.1) is 11.3 Å². The highest BCUT2D eigenvalue weighted by Crippen LogP contribution is 2.30. The minimum Gasteiger partial charge on any atom is -0.354 e. The number of nitrogens with zero attached hydrogens (tertiary/aromatic N) is 5. The first-order valence-electron chi connectivity index (χ1n) is 10.1. The molecule has 1 unspecified atom stereocenters. The van der Waals surface area contributed by atoms with Crippen LogP contribution in [-0.4, -0.2) is 45.4 Å². The number of rotatable bonds is 8. The van der Waals surface area contributed by atoms with Crippen LogP contribution >= 0.6 is 22.9 Å². The van der Waals surface area contributed by atoms with Gasteiger partial charge < -0.3 is 10.2 Å². The van der Waals surface area contributed by atoms with Crippen molar-refractivity contribution in [1.29, 1.82) is 5.26 Å². The molecule has 1 amide bonds. The number of benzene rings is 1. The van der Waals surface area contributed by atoms with Crippen LogP contribution in [0.1, 0.15) is 35.9 Å². The molecule has 0 aliphatic carbocycles. The van der Waals surface area contributed by atoms with Crippen molar-refractivity contribution in [3.05, 3.63) is 57.6 Å². The molecule has 4 rings (SSSR count). The number of nitriles is 1. The van der Waals surface area contributed by atoms with Crippen molar-refractivity contribution in [2.24, 2.45) is 0 Å². The molecule has 1 fully saturated rings. The molecule has 9 heteroatoms. The van der Waals surface area contributed by atoms with Crippen molar-refractivity contribution in [3.63, 3.8) is 0 Å². The fraction of sp³-hybridized carbons (Fsp3) is 0.318. The van der Waals surface area contributed by atoms with Gasteiger partial charge in [-0.1, -0.05) is 23.7 Å². The number of carbonyl (C=O) groups is 1. The summed E-state index contributed by atoms with van der Waals surface area (Å²) in [7, 11) is 0. The molecule has 1 aliphatic rings. The highest BCUT2D eigenvalue weighted by atomic mass is 35.5. The van der Waals surface area contributed by atoms with E-state index >= 15 is 0 Å². The molecule has 1 N–H and O–H groups in total. The van der Waals surface area contributed by atoms with Crippen LogP contribution in [0.25, 0.3) is 11.3 Å². The second-order valence-corrected chi connectivity index (χ2v) is 8.54. The Balaban J connectivity index is 1.40. The number of halogens is 1. The topological polar surface area (TPSA) is 94.8 Å². The monoisotopic (exact) mass is 452 g/mol. The number of carbonyl (C=O) groups excluding carboxylic acids is 1. The Labute approximate surface area is 189 Å². The zero-order valence-electron chi connectivity index (χ0n) is 16.8. The first kappa shape index (κ1) is 21.2. The zero-order valence-corrected chi connectivity index (χ0v) is 18.4. The van der Waals surface area contributed by atoms with E-state index in [0.29, 0.717) is 34.6 Å². The van der Waals surface area contributed by atoms with Crippen LogP contribution in [0.3, 0.4) is 0 Å². The molecular formula is C22H21ClN6OS. The van der Waals surface area contributed by atoms with E-state index in [1.807, 2.05) is 34.5 Å². The average Bonchev–Trinajstić information content (AvgIpc) is 3.42. The van der Waals surface area contributed by atoms with Gasteiger partial charge in [0.25, 0.3) is 0 Å². The van der Waals surface area contributed by atoms with Crippen LogP contribution in [-0.2, 0) is 4.79 Å². The van der Waals surface area contributed by atoms with E-state index in [2.05, 4.69) is 26.3 Å². The van der Waals surface area contributed by atoms with Crippen LogP contribution in [0.4, 0.5) is 5.95 Å². The highest BCUT2D eigenvalue weighted by Gasteiger charge is 2.21. The van der Waals surface area contributed by atoms with E-state index < -0.39 is 5.92 Å². The van der Waals surface area contributed by atoms with Crippen molar-refractivity contribution in [2.75, 3.05) is 25.0 Å². The molecule has 0 radical (unpaired) electrons. The Morgan fingerprint density at radius 1 is 1.26 bits per heavy atom. The SMILES string of the molecule is N#CC(c1ccnc(NCCCN2CCCC2=O)n1)c1nc(-c2ccc(Cl)cc2)cs1. The molecule has 0 bridgehead atoms. The molecule has 3 aromatic rings. The number of anilines is 1. The molecule has 1 saturated heterocycles. The minimum atomic E-state index is -0.572. The Morgan fingerprint density at radius 2 is 2.10 bits per heavy atom. The lowest BCUT2D eigenvalue weighted by Crippen LogP contribution is -2.27. The van der Waals surface area contributed by atoms with E-state index in [9.17, 15) is 10.1 Å². The zero-order chi connectivity index (χ0) is 21.6. The summed E-state index contributed by atoms with van der Waals surface area (Å²) in [5, 5.41) is 16.3. The van der Waals surface area contributed by atoms with Crippen molar-refractivity contribution in [1.82, 2.24) is 19.9 Å². The summed E-state index contributed by atoms with van der Waals surface area (Å²) in [6, 6.07) is 11.5. The molecule has 31 heavy (non-hydrogen) atoms. The van der Waals surface area contributed by atoms with Gasteiger partial charge >= 0.3 is 0 Å². The maximum atomic E-state index is 11.7. The van der Waals surface area contributed by atoms with E-state index in [1.54, 1.807) is 12.3 Å². The van der Waals surface area contributed by atoms with Gasteiger partial charge in [0, 0.05) is 48.2 Å². The number of hydrogen-bond donors (Lipinski definition) is 1. The van der Waals surface area contributed by atoms with E-state index in [-0.39, 0.29) is 5.91 Å². The fourth-order valence-electron chi connectivity index (χ4n) is 3.45. The first-order valence-corrected chi connectivity index (χ1v) is 11.4. The predicted octanol–water partition coefficient (Wildman–Crippen LogP) is 4.33. The largest absolute Gasteiger partial charge is 0.354 e. The lowest BCUT2D eigenvalue weighted by atomic mass is 10.1. The van der Waals surface area contributed by atoms with E-state index in [1.165, 1.54) is 11.3 Å². The number of nitrogens with one attached hydrogen (secondary N) is 1. The average molecular weight is 453 g/mol. The molecule has 158 valence electrons. The Kier molecular flexibility index (Phi) is 6.75. The van der Waals surface area contributed by atoms with Crippen molar-refractivity contribution < 1.29 is 4.79 Å². The Morgan fingerprint density at radius 3 is 2.84 bits per heavy atom. The third-order valence-electron chi connectivity index (χ3n) is 5.07. The molecule has 0 saturated carbocycles. The second-order valence-electron chi connectivity index (χ2n) is 7.21. The number of amides is 1. The molecule has 1 aliphatic heterocycles. The van der Waals surface area contributed by atoms with Crippen molar-refractivity contribution in [3.8, 4) is 17.3 Å². The molecular weight excluding hydrogens is 432 g/mol. The summed E-state index contributed by atoms with van der Waals surface area (Å²) in [6.07, 6.45) is 4.07. The lowest BCUT2D eigenvalue weighted by molar-refractivity contribution is -0.127. The lowest BCUT2D eigenvalue weighted by Gasteiger charge is -2.15. The molecule has 0 spiro atoms. The third kappa shape index (κ3) is 5.19. The van der Waals surface area contributed by atoms with Gasteiger partial charge in [-0.25, -0.2) is 15.0 Å². The Hall–Kier alpha value is -3.02. The maximum Gasteiger partial charge on any atom is 0.222 e. The minimum absolute atomic E-state index is 0.233. The van der Waals surface area contributed by atoms with Gasteiger partial charge in [-0.2, -0.15) is 5.26 Å². The maximum absolute atomic E-state index is 11.7. The van der Waals surface area contributed by atoms with Crippen molar-refractivity contribution in [2.45, 2.75) is 25.2 Å². The first-order chi connectivity index (χ1) is 15.1. The third-order valence-corrected chi connectivity index (χ3v) is 6.23. The molecule has 7 nitrogen and oxygen atoms in total. The Bertz CT molecular complexity index is 1090. The predicted molar refractivity (Wildman–Crippen MR) is 121 cm³/mol. The number of hydrogen-bond acceptors (Lipinski definition) is 7. The summed E-state index contributed by atoms with van der Waals surface area (Å²) >= 11 is 7.39. The van der Waals surface area contributed by atoms with Gasteiger partial charge in [0.1, 0.15) is 10.9 Å². The summed E-state index contributed by atoms with van der Waals surface area (Å²) < 4.78 is 0. The van der Waals surface area contributed by atoms with Gasteiger partial charge in [0.2, 0.25) is 11.9 Å². The van der Waals surface area contributed by atoms with Gasteiger partial charge in [-0.3, -0.25) is 4.79 Å². The van der Waals surface area contributed by atoms with Crippen LogP contribution in [0, 0.1) is 11.3 Å². The summed E-state index contributed by atoms with van der Waals surface area (Å²) in [5.41, 5.74) is 2.36. The number of aromatic nitrogens is 3. The molecule has 3 heterocycles. The van der Waals surface area contributed by atoms with Gasteiger partial charge in [0.05, 0.1) is 17.5 Å². The highest BCUT2D eigenvalue weighted by molar-refractivity contribution is 7.10. The molecule has 1 aromatic carbocycles. The van der Waals surface area contributed by atoms with Gasteiger partial charge in [-0.05, 0) is 31.0 Å². The standard InChI is InChI=1S/C22H21ClN6OS/c23-16-6-4-15(5-7-16)19-14-31-21(27-19)17(13-24)18-8-10-26-22(28-18)25-9-2-12-29-11-1-3-20(29)30/h4-8,10,14,17H,1-3,9,11-12H2,(H,25,26,28). The normalized spacial score (nSPS) is 14.5. The summed E-state index contributed by atoms with van der Waals surface area (Å²) in [4.78, 5) is 27.0. The van der Waals surface area contributed by atoms with E-state index in [0.717, 1.165) is 37.2 Å². The smallest absolute Gasteiger partial charge is 0.222 e. The number of likely N-dealkylation sites (tertiary alicyclic amines) is 1. The van der Waals surface area contributed by atoms with Crippen LogP contribution in [0.5, 0.6) is 0 Å². The summed E-state index contributed by atoms with van der Waals surface area (Å²) in [6.45, 7) is 2.24. The fourth-order valence-corrected chi connectivity index (χ4v) is 4.46. The van der Waals surface area contributed by atoms with E-state index in [4.69, 9.17) is 11.6 Å². The molecule has 2 aromatic heterocycles. The van der Waals surface area contributed by atoms with Crippen LogP contribution < -0.4 is 5.32 Å². The quantitative estimate of drug-likeness (QED) is 0.511. The van der Waals surface area contributed by atoms with Crippen LogP contribution in [0.15, 0.2) is 41.9 Å². The van der Waals surface area contributed by atoms with Crippen molar-refractivity contribution >= 4 is 34.8 Å². The second kappa shape index (κ2) is 9.86. The number of thiazole rings is 1. The van der Waals surface area contributed by atoms with Gasteiger partial charge in [0.15, 0.2) is 0 Å².